The first-order valence-electron chi connectivity index (χ1n) is 5.31. The number of Topliss-reactive ketones (excluding diaryl/α,β-unsaturated/α-hetero) is 1. The lowest BCUT2D eigenvalue weighted by Crippen LogP contribution is -1.97. The molecule has 2 aromatic carbocycles. The van der Waals surface area contributed by atoms with E-state index >= 15 is 0 Å². The molecule has 0 bridgehead atoms. The molecule has 0 heterocycles. The summed E-state index contributed by atoms with van der Waals surface area (Å²) in [6.45, 7) is 1.50. The molecule has 0 aliphatic heterocycles. The molecule has 2 rings (SSSR count). The normalized spacial score (nSPS) is 10.2. The monoisotopic (exact) mass is 324 g/mol. The summed E-state index contributed by atoms with van der Waals surface area (Å²) in [6.07, 6.45) is 0. The second-order valence-electron chi connectivity index (χ2n) is 3.73. The van der Waals surface area contributed by atoms with Crippen molar-refractivity contribution in [1.82, 2.24) is 0 Å². The van der Waals surface area contributed by atoms with Crippen LogP contribution >= 0.6 is 27.5 Å². The molecule has 0 aliphatic rings. The third-order valence-corrected chi connectivity index (χ3v) is 3.18. The second kappa shape index (κ2) is 5.55. The Morgan fingerprint density at radius 1 is 1.17 bits per heavy atom. The second-order valence-corrected chi connectivity index (χ2v) is 5.05. The Hall–Kier alpha value is -1.32. The van der Waals surface area contributed by atoms with Crippen LogP contribution in [0.3, 0.4) is 0 Å². The van der Waals surface area contributed by atoms with E-state index in [9.17, 15) is 4.79 Å². The number of halogens is 2. The number of para-hydroxylation sites is 1. The summed E-state index contributed by atoms with van der Waals surface area (Å²) in [7, 11) is 0. The molecule has 0 radical (unpaired) electrons. The van der Waals surface area contributed by atoms with Crippen LogP contribution in [0.2, 0.25) is 5.02 Å². The van der Waals surface area contributed by atoms with Gasteiger partial charge in [-0.1, -0.05) is 39.7 Å². The van der Waals surface area contributed by atoms with Crippen LogP contribution < -0.4 is 4.74 Å². The summed E-state index contributed by atoms with van der Waals surface area (Å²) in [5, 5.41) is 0.509. The Kier molecular flexibility index (Phi) is 4.04. The van der Waals surface area contributed by atoms with Crippen LogP contribution in [0.1, 0.15) is 17.3 Å². The van der Waals surface area contributed by atoms with E-state index in [2.05, 4.69) is 15.9 Å². The summed E-state index contributed by atoms with van der Waals surface area (Å²) in [5.41, 5.74) is 0.518. The van der Waals surface area contributed by atoms with Gasteiger partial charge in [-0.15, -0.1) is 0 Å². The zero-order chi connectivity index (χ0) is 13.1. The van der Waals surface area contributed by atoms with Crippen LogP contribution in [-0.2, 0) is 0 Å². The van der Waals surface area contributed by atoms with Gasteiger partial charge in [0.15, 0.2) is 5.78 Å². The van der Waals surface area contributed by atoms with Crippen molar-refractivity contribution in [3.8, 4) is 11.5 Å². The quantitative estimate of drug-likeness (QED) is 0.734. The lowest BCUT2D eigenvalue weighted by molar-refractivity contribution is 0.101. The van der Waals surface area contributed by atoms with Gasteiger partial charge in [0.2, 0.25) is 0 Å². The number of carbonyl (C=O) groups is 1. The molecule has 0 amide bonds. The first-order chi connectivity index (χ1) is 8.58. The summed E-state index contributed by atoms with van der Waals surface area (Å²) in [4.78, 5) is 11.6. The number of rotatable bonds is 3. The number of ketones is 1. The van der Waals surface area contributed by atoms with Gasteiger partial charge in [0.25, 0.3) is 0 Å². The predicted molar refractivity (Wildman–Crippen MR) is 75.7 cm³/mol. The van der Waals surface area contributed by atoms with E-state index in [1.165, 1.54) is 6.92 Å². The minimum absolute atomic E-state index is 0.0571. The average Bonchev–Trinajstić information content (AvgIpc) is 2.34. The van der Waals surface area contributed by atoms with E-state index in [0.717, 1.165) is 4.47 Å². The molecule has 0 unspecified atom stereocenters. The zero-order valence-corrected chi connectivity index (χ0v) is 12.0. The molecule has 4 heteroatoms. The maximum Gasteiger partial charge on any atom is 0.163 e. The van der Waals surface area contributed by atoms with E-state index in [1.54, 1.807) is 24.3 Å². The fourth-order valence-corrected chi connectivity index (χ4v) is 2.05. The highest BCUT2D eigenvalue weighted by Crippen LogP contribution is 2.32. The molecule has 0 spiro atoms. The van der Waals surface area contributed by atoms with Gasteiger partial charge in [-0.2, -0.15) is 0 Å². The molecule has 18 heavy (non-hydrogen) atoms. The highest BCUT2D eigenvalue weighted by Gasteiger charge is 2.11. The Morgan fingerprint density at radius 3 is 2.56 bits per heavy atom. The molecule has 2 aromatic rings. The largest absolute Gasteiger partial charge is 0.455 e. The van der Waals surface area contributed by atoms with Gasteiger partial charge >= 0.3 is 0 Å². The number of benzene rings is 2. The average molecular weight is 326 g/mol. The Balaban J connectivity index is 2.41. The number of hydrogen-bond donors (Lipinski definition) is 0. The van der Waals surface area contributed by atoms with Gasteiger partial charge in [0.1, 0.15) is 11.5 Å². The van der Waals surface area contributed by atoms with E-state index < -0.39 is 0 Å². The summed E-state index contributed by atoms with van der Waals surface area (Å²) in [6, 6.07) is 12.4. The lowest BCUT2D eigenvalue weighted by Gasteiger charge is -2.10. The maximum absolute atomic E-state index is 11.6. The lowest BCUT2D eigenvalue weighted by atomic mass is 10.1. The third-order valence-electron chi connectivity index (χ3n) is 2.38. The molecule has 92 valence electrons. The van der Waals surface area contributed by atoms with E-state index in [1.807, 2.05) is 18.2 Å². The first kappa shape index (κ1) is 13.1. The summed E-state index contributed by atoms with van der Waals surface area (Å²) in [5.74, 6) is 0.973. The van der Waals surface area contributed by atoms with Crippen LogP contribution in [0.5, 0.6) is 11.5 Å². The Labute approximate surface area is 119 Å². The van der Waals surface area contributed by atoms with Gasteiger partial charge < -0.3 is 4.74 Å². The Bertz CT molecular complexity index is 596. The van der Waals surface area contributed by atoms with Gasteiger partial charge in [0.05, 0.1) is 10.6 Å². The molecule has 0 saturated heterocycles. The maximum atomic E-state index is 11.6. The Morgan fingerprint density at radius 2 is 1.89 bits per heavy atom. The van der Waals surface area contributed by atoms with E-state index in [0.29, 0.717) is 22.1 Å². The molecule has 0 fully saturated rings. The molecule has 0 atom stereocenters. The molecule has 0 aromatic heterocycles. The van der Waals surface area contributed by atoms with Crippen LogP contribution in [0, 0.1) is 0 Å². The van der Waals surface area contributed by atoms with E-state index in [-0.39, 0.29) is 5.78 Å². The van der Waals surface area contributed by atoms with Crippen LogP contribution in [0.25, 0.3) is 0 Å². The van der Waals surface area contributed by atoms with Gasteiger partial charge in [-0.25, -0.2) is 0 Å². The fourth-order valence-electron chi connectivity index (χ4n) is 1.51. The number of ether oxygens (including phenoxy) is 1. The van der Waals surface area contributed by atoms with Crippen LogP contribution in [0.4, 0.5) is 0 Å². The van der Waals surface area contributed by atoms with Crippen molar-refractivity contribution in [2.75, 3.05) is 0 Å². The SMILES string of the molecule is CC(=O)c1cc(Br)ccc1Oc1ccccc1Cl. The molecule has 0 aliphatic carbocycles. The van der Waals surface area contributed by atoms with Gasteiger partial charge in [-0.05, 0) is 37.3 Å². The molecule has 2 nitrogen and oxygen atoms in total. The van der Waals surface area contributed by atoms with Crippen LogP contribution in [-0.4, -0.2) is 5.78 Å². The van der Waals surface area contributed by atoms with Crippen LogP contribution in [0.15, 0.2) is 46.9 Å². The summed E-state index contributed by atoms with van der Waals surface area (Å²) >= 11 is 9.35. The molecular formula is C14H10BrClO2. The van der Waals surface area contributed by atoms with E-state index in [4.69, 9.17) is 16.3 Å². The number of carbonyl (C=O) groups excluding carboxylic acids is 1. The minimum Gasteiger partial charge on any atom is -0.455 e. The standard InChI is InChI=1S/C14H10BrClO2/c1-9(17)11-8-10(15)6-7-13(11)18-14-5-3-2-4-12(14)16/h2-8H,1H3. The van der Waals surface area contributed by atoms with Crippen molar-refractivity contribution in [1.29, 1.82) is 0 Å². The van der Waals surface area contributed by atoms with Crippen molar-refractivity contribution in [2.24, 2.45) is 0 Å². The first-order valence-corrected chi connectivity index (χ1v) is 6.48. The highest BCUT2D eigenvalue weighted by molar-refractivity contribution is 9.10. The van der Waals surface area contributed by atoms with Crippen molar-refractivity contribution in [2.45, 2.75) is 6.92 Å². The van der Waals surface area contributed by atoms with Gasteiger partial charge in [-0.3, -0.25) is 4.79 Å². The van der Waals surface area contributed by atoms with Crippen molar-refractivity contribution < 1.29 is 9.53 Å². The third kappa shape index (κ3) is 2.92. The number of hydrogen-bond acceptors (Lipinski definition) is 2. The highest BCUT2D eigenvalue weighted by atomic mass is 79.9. The summed E-state index contributed by atoms with van der Waals surface area (Å²) < 4.78 is 6.52. The van der Waals surface area contributed by atoms with Crippen molar-refractivity contribution in [3.63, 3.8) is 0 Å². The minimum atomic E-state index is -0.0571. The molecule has 0 saturated carbocycles. The fraction of sp³-hybridized carbons (Fsp3) is 0.0714. The predicted octanol–water partition coefficient (Wildman–Crippen LogP) is 5.10. The van der Waals surface area contributed by atoms with Crippen molar-refractivity contribution >= 4 is 33.3 Å². The van der Waals surface area contributed by atoms with Gasteiger partial charge in [0, 0.05) is 4.47 Å². The molecular weight excluding hydrogens is 316 g/mol. The smallest absolute Gasteiger partial charge is 0.163 e. The zero-order valence-electron chi connectivity index (χ0n) is 9.61. The van der Waals surface area contributed by atoms with Crippen molar-refractivity contribution in [3.05, 3.63) is 57.5 Å². The molecule has 0 N–H and O–H groups in total. The topological polar surface area (TPSA) is 26.3 Å².